The summed E-state index contributed by atoms with van der Waals surface area (Å²) in [5.74, 6) is 2.11. The largest absolute Gasteiger partial charge is 0.361 e. The van der Waals surface area contributed by atoms with Crippen LogP contribution in [0, 0.1) is 6.92 Å². The highest BCUT2D eigenvalue weighted by atomic mass is 16.5. The molecule has 1 saturated heterocycles. The van der Waals surface area contributed by atoms with Gasteiger partial charge >= 0.3 is 0 Å². The normalized spacial score (nSPS) is 18.6. The Morgan fingerprint density at radius 1 is 1.17 bits per heavy atom. The summed E-state index contributed by atoms with van der Waals surface area (Å²) in [6, 6.07) is 12.1. The molecule has 0 amide bonds. The van der Waals surface area contributed by atoms with E-state index < -0.39 is 0 Å². The third-order valence-corrected chi connectivity index (χ3v) is 4.19. The molecule has 1 aliphatic rings. The van der Waals surface area contributed by atoms with Crippen molar-refractivity contribution in [3.63, 3.8) is 0 Å². The van der Waals surface area contributed by atoms with Gasteiger partial charge in [-0.2, -0.15) is 4.98 Å². The maximum absolute atomic E-state index is 5.42. The average Bonchev–Trinajstić information content (AvgIpc) is 3.29. The quantitative estimate of drug-likeness (QED) is 0.736. The Morgan fingerprint density at radius 2 is 2.04 bits per heavy atom. The lowest BCUT2D eigenvalue weighted by Gasteiger charge is -2.20. The van der Waals surface area contributed by atoms with E-state index in [-0.39, 0.29) is 6.04 Å². The molecule has 4 rings (SSSR count). The summed E-state index contributed by atoms with van der Waals surface area (Å²) in [5, 5.41) is 8.24. The van der Waals surface area contributed by atoms with E-state index in [1.807, 2.05) is 43.3 Å². The van der Waals surface area contributed by atoms with Crippen LogP contribution in [0.4, 0.5) is 0 Å². The molecule has 6 heteroatoms. The van der Waals surface area contributed by atoms with Gasteiger partial charge in [0.2, 0.25) is 11.7 Å². The Labute approximate surface area is 134 Å². The fourth-order valence-corrected chi connectivity index (χ4v) is 3.09. The van der Waals surface area contributed by atoms with Gasteiger partial charge in [-0.1, -0.05) is 40.6 Å². The fourth-order valence-electron chi connectivity index (χ4n) is 3.09. The molecule has 0 bridgehead atoms. The smallest absolute Gasteiger partial charge is 0.241 e. The molecule has 0 aliphatic carbocycles. The molecule has 2 aromatic heterocycles. The van der Waals surface area contributed by atoms with Crippen molar-refractivity contribution in [2.75, 3.05) is 6.54 Å². The first-order valence-corrected chi connectivity index (χ1v) is 7.85. The van der Waals surface area contributed by atoms with Crippen LogP contribution in [0.25, 0.3) is 11.4 Å². The van der Waals surface area contributed by atoms with Crippen molar-refractivity contribution in [1.29, 1.82) is 0 Å². The SMILES string of the molecule is Cc1cc([C@H]2CCCN2Cc2nc(-c3ccccc3)no2)no1. The van der Waals surface area contributed by atoms with Gasteiger partial charge in [0.05, 0.1) is 12.6 Å². The maximum atomic E-state index is 5.42. The van der Waals surface area contributed by atoms with Crippen LogP contribution in [-0.4, -0.2) is 26.7 Å². The minimum Gasteiger partial charge on any atom is -0.361 e. The van der Waals surface area contributed by atoms with Gasteiger partial charge < -0.3 is 9.05 Å². The summed E-state index contributed by atoms with van der Waals surface area (Å²) in [4.78, 5) is 6.83. The van der Waals surface area contributed by atoms with Gasteiger partial charge in [-0.05, 0) is 26.3 Å². The zero-order valence-electron chi connectivity index (χ0n) is 13.0. The molecule has 6 nitrogen and oxygen atoms in total. The molecular weight excluding hydrogens is 292 g/mol. The molecule has 1 aliphatic heterocycles. The number of nitrogens with zero attached hydrogens (tertiary/aromatic N) is 4. The predicted molar refractivity (Wildman–Crippen MR) is 83.4 cm³/mol. The van der Waals surface area contributed by atoms with E-state index in [1.54, 1.807) is 0 Å². The van der Waals surface area contributed by atoms with E-state index in [1.165, 1.54) is 0 Å². The number of benzene rings is 1. The second-order valence-corrected chi connectivity index (χ2v) is 5.87. The summed E-state index contributed by atoms with van der Waals surface area (Å²) >= 11 is 0. The third-order valence-electron chi connectivity index (χ3n) is 4.19. The van der Waals surface area contributed by atoms with E-state index >= 15 is 0 Å². The van der Waals surface area contributed by atoms with Crippen molar-refractivity contribution in [2.45, 2.75) is 32.4 Å². The minimum absolute atomic E-state index is 0.263. The first-order valence-electron chi connectivity index (χ1n) is 7.85. The maximum Gasteiger partial charge on any atom is 0.241 e. The van der Waals surface area contributed by atoms with Crippen LogP contribution in [0.2, 0.25) is 0 Å². The van der Waals surface area contributed by atoms with Crippen LogP contribution in [0.1, 0.15) is 36.2 Å². The molecule has 1 atom stereocenters. The van der Waals surface area contributed by atoms with Crippen LogP contribution in [0.15, 0.2) is 45.4 Å². The molecule has 3 aromatic rings. The van der Waals surface area contributed by atoms with Gasteiger partial charge in [0.15, 0.2) is 0 Å². The summed E-state index contributed by atoms with van der Waals surface area (Å²) in [7, 11) is 0. The molecule has 1 aromatic carbocycles. The van der Waals surface area contributed by atoms with E-state index in [9.17, 15) is 0 Å². The minimum atomic E-state index is 0.263. The predicted octanol–water partition coefficient (Wildman–Crippen LogP) is 3.37. The topological polar surface area (TPSA) is 68.2 Å². The van der Waals surface area contributed by atoms with Crippen molar-refractivity contribution in [3.8, 4) is 11.4 Å². The highest BCUT2D eigenvalue weighted by Gasteiger charge is 2.29. The highest BCUT2D eigenvalue weighted by Crippen LogP contribution is 2.32. The standard InChI is InChI=1S/C17H18N4O2/c1-12-10-14(19-22-12)15-8-5-9-21(15)11-16-18-17(20-23-16)13-6-3-2-4-7-13/h2-4,6-7,10,15H,5,8-9,11H2,1H3/t15-/m1/s1. The molecule has 0 unspecified atom stereocenters. The lowest BCUT2D eigenvalue weighted by molar-refractivity contribution is 0.205. The Hall–Kier alpha value is -2.47. The van der Waals surface area contributed by atoms with Crippen LogP contribution in [-0.2, 0) is 6.54 Å². The first-order chi connectivity index (χ1) is 11.3. The summed E-state index contributed by atoms with van der Waals surface area (Å²) in [6.07, 6.45) is 2.21. The summed E-state index contributed by atoms with van der Waals surface area (Å²) < 4.78 is 10.6. The molecule has 0 N–H and O–H groups in total. The van der Waals surface area contributed by atoms with E-state index in [0.717, 1.165) is 36.4 Å². The fraction of sp³-hybridized carbons (Fsp3) is 0.353. The van der Waals surface area contributed by atoms with Gasteiger partial charge in [0.1, 0.15) is 11.5 Å². The number of hydrogen-bond donors (Lipinski definition) is 0. The second-order valence-electron chi connectivity index (χ2n) is 5.87. The molecule has 0 radical (unpaired) electrons. The molecule has 0 spiro atoms. The van der Waals surface area contributed by atoms with Crippen molar-refractivity contribution in [3.05, 3.63) is 53.7 Å². The van der Waals surface area contributed by atoms with Gasteiger partial charge in [-0.3, -0.25) is 4.90 Å². The van der Waals surface area contributed by atoms with E-state index in [0.29, 0.717) is 18.3 Å². The van der Waals surface area contributed by atoms with Gasteiger partial charge in [-0.15, -0.1) is 0 Å². The van der Waals surface area contributed by atoms with Gasteiger partial charge in [-0.25, -0.2) is 0 Å². The van der Waals surface area contributed by atoms with E-state index in [2.05, 4.69) is 20.2 Å². The van der Waals surface area contributed by atoms with E-state index in [4.69, 9.17) is 9.05 Å². The first kappa shape index (κ1) is 14.1. The van der Waals surface area contributed by atoms with Gasteiger partial charge in [0.25, 0.3) is 0 Å². The highest BCUT2D eigenvalue weighted by molar-refractivity contribution is 5.53. The Morgan fingerprint density at radius 3 is 2.83 bits per heavy atom. The molecule has 118 valence electrons. The van der Waals surface area contributed by atoms with Crippen molar-refractivity contribution >= 4 is 0 Å². The zero-order valence-corrected chi connectivity index (χ0v) is 13.0. The lowest BCUT2D eigenvalue weighted by atomic mass is 10.1. The molecule has 1 fully saturated rings. The summed E-state index contributed by atoms with van der Waals surface area (Å²) in [6.45, 7) is 3.55. The third kappa shape index (κ3) is 2.90. The van der Waals surface area contributed by atoms with Crippen molar-refractivity contribution < 1.29 is 9.05 Å². The van der Waals surface area contributed by atoms with Crippen LogP contribution < -0.4 is 0 Å². The Balaban J connectivity index is 1.50. The van der Waals surface area contributed by atoms with Crippen LogP contribution >= 0.6 is 0 Å². The zero-order chi connectivity index (χ0) is 15.6. The monoisotopic (exact) mass is 310 g/mol. The number of aromatic nitrogens is 3. The Kier molecular flexibility index (Phi) is 3.67. The molecular formula is C17H18N4O2. The van der Waals surface area contributed by atoms with Gasteiger partial charge in [0, 0.05) is 11.6 Å². The number of hydrogen-bond acceptors (Lipinski definition) is 6. The van der Waals surface area contributed by atoms with Crippen molar-refractivity contribution in [1.82, 2.24) is 20.2 Å². The lowest BCUT2D eigenvalue weighted by Crippen LogP contribution is -2.23. The van der Waals surface area contributed by atoms with Crippen LogP contribution in [0.3, 0.4) is 0 Å². The summed E-state index contributed by atoms with van der Waals surface area (Å²) in [5.41, 5.74) is 1.95. The number of likely N-dealkylation sites (tertiary alicyclic amines) is 1. The Bertz CT molecular complexity index is 781. The van der Waals surface area contributed by atoms with Crippen LogP contribution in [0.5, 0.6) is 0 Å². The van der Waals surface area contributed by atoms with Crippen molar-refractivity contribution in [2.24, 2.45) is 0 Å². The number of rotatable bonds is 4. The average molecular weight is 310 g/mol. The molecule has 23 heavy (non-hydrogen) atoms. The number of aryl methyl sites for hydroxylation is 1. The molecule has 0 saturated carbocycles. The molecule has 3 heterocycles. The second kappa shape index (κ2) is 5.96.